The van der Waals surface area contributed by atoms with Gasteiger partial charge >= 0.3 is 0 Å². The molecule has 24 heavy (non-hydrogen) atoms. The predicted octanol–water partition coefficient (Wildman–Crippen LogP) is 2.01. The lowest BCUT2D eigenvalue weighted by Gasteiger charge is -2.06. The summed E-state index contributed by atoms with van der Waals surface area (Å²) in [6.07, 6.45) is 0.846. The largest absolute Gasteiger partial charge is 0.339 e. The summed E-state index contributed by atoms with van der Waals surface area (Å²) in [5, 5.41) is 14.7. The summed E-state index contributed by atoms with van der Waals surface area (Å²) in [5.41, 5.74) is -0.455. The van der Waals surface area contributed by atoms with Gasteiger partial charge in [-0.2, -0.15) is 4.98 Å². The monoisotopic (exact) mass is 354 g/mol. The SMILES string of the molecule is CC(C)c1noc(CCCNS(=O)(=O)c2ccccc2[N+](=O)[O-])n1. The summed E-state index contributed by atoms with van der Waals surface area (Å²) in [6, 6.07) is 5.21. The van der Waals surface area contributed by atoms with Crippen molar-refractivity contribution < 1.29 is 17.9 Å². The van der Waals surface area contributed by atoms with Crippen molar-refractivity contribution in [3.63, 3.8) is 0 Å². The number of sulfonamides is 1. The van der Waals surface area contributed by atoms with E-state index in [4.69, 9.17) is 4.52 Å². The zero-order valence-corrected chi connectivity index (χ0v) is 14.1. The van der Waals surface area contributed by atoms with Gasteiger partial charge in [-0.15, -0.1) is 0 Å². The average Bonchev–Trinajstić information content (AvgIpc) is 3.01. The Hall–Kier alpha value is -2.33. The molecule has 0 aliphatic carbocycles. The Morgan fingerprint density at radius 3 is 2.67 bits per heavy atom. The van der Waals surface area contributed by atoms with E-state index in [0.717, 1.165) is 6.07 Å². The van der Waals surface area contributed by atoms with Crippen LogP contribution in [0.1, 0.15) is 37.9 Å². The highest BCUT2D eigenvalue weighted by molar-refractivity contribution is 7.89. The number of nitrogens with zero attached hydrogens (tertiary/aromatic N) is 3. The van der Waals surface area contributed by atoms with Gasteiger partial charge in [0.15, 0.2) is 10.7 Å². The summed E-state index contributed by atoms with van der Waals surface area (Å²) in [5.74, 6) is 1.19. The number of para-hydroxylation sites is 1. The molecule has 130 valence electrons. The molecular weight excluding hydrogens is 336 g/mol. The number of nitro benzene ring substituents is 1. The van der Waals surface area contributed by atoms with E-state index in [9.17, 15) is 18.5 Å². The van der Waals surface area contributed by atoms with Crippen molar-refractivity contribution >= 4 is 15.7 Å². The Morgan fingerprint density at radius 2 is 2.04 bits per heavy atom. The Morgan fingerprint density at radius 1 is 1.33 bits per heavy atom. The van der Waals surface area contributed by atoms with Gasteiger partial charge in [-0.1, -0.05) is 31.1 Å². The van der Waals surface area contributed by atoms with Crippen LogP contribution in [0, 0.1) is 10.1 Å². The molecule has 1 heterocycles. The molecule has 1 aromatic heterocycles. The molecule has 1 aromatic carbocycles. The standard InChI is InChI=1S/C14H18N4O5S/c1-10(2)14-16-13(23-17-14)8-5-9-15-24(21,22)12-7-4-3-6-11(12)18(19)20/h3-4,6-7,10,15H,5,8-9H2,1-2H3. The normalized spacial score (nSPS) is 11.8. The first-order valence-corrected chi connectivity index (χ1v) is 8.85. The van der Waals surface area contributed by atoms with Gasteiger partial charge in [-0.3, -0.25) is 10.1 Å². The molecule has 0 fully saturated rings. The van der Waals surface area contributed by atoms with Crippen molar-refractivity contribution in [1.82, 2.24) is 14.9 Å². The van der Waals surface area contributed by atoms with Crippen molar-refractivity contribution in [3.8, 4) is 0 Å². The van der Waals surface area contributed by atoms with Crippen LogP contribution in [-0.2, 0) is 16.4 Å². The molecule has 0 amide bonds. The minimum Gasteiger partial charge on any atom is -0.339 e. The van der Waals surface area contributed by atoms with E-state index in [1.54, 1.807) is 0 Å². The lowest BCUT2D eigenvalue weighted by Crippen LogP contribution is -2.25. The van der Waals surface area contributed by atoms with E-state index >= 15 is 0 Å². The summed E-state index contributed by atoms with van der Waals surface area (Å²) in [7, 11) is -3.96. The van der Waals surface area contributed by atoms with Crippen LogP contribution in [0.2, 0.25) is 0 Å². The van der Waals surface area contributed by atoms with Crippen LogP contribution in [0.3, 0.4) is 0 Å². The first-order chi connectivity index (χ1) is 11.3. The Balaban J connectivity index is 1.95. The molecule has 0 saturated heterocycles. The fourth-order valence-electron chi connectivity index (χ4n) is 1.96. The van der Waals surface area contributed by atoms with Gasteiger partial charge in [0.2, 0.25) is 15.9 Å². The number of rotatable bonds is 8. The van der Waals surface area contributed by atoms with E-state index in [2.05, 4.69) is 14.9 Å². The topological polar surface area (TPSA) is 128 Å². The lowest BCUT2D eigenvalue weighted by molar-refractivity contribution is -0.387. The van der Waals surface area contributed by atoms with Gasteiger partial charge in [0.05, 0.1) is 4.92 Å². The molecule has 0 aliphatic rings. The second-order valence-corrected chi connectivity index (χ2v) is 7.16. The Kier molecular flexibility index (Phi) is 5.62. The summed E-state index contributed by atoms with van der Waals surface area (Å²) in [6.45, 7) is 3.98. The summed E-state index contributed by atoms with van der Waals surface area (Å²) >= 11 is 0. The minimum atomic E-state index is -3.96. The van der Waals surface area contributed by atoms with Crippen LogP contribution in [0.15, 0.2) is 33.7 Å². The summed E-state index contributed by atoms with van der Waals surface area (Å²) in [4.78, 5) is 14.0. The number of aromatic nitrogens is 2. The fraction of sp³-hybridized carbons (Fsp3) is 0.429. The molecule has 0 saturated carbocycles. The zero-order chi connectivity index (χ0) is 17.7. The first kappa shape index (κ1) is 18.0. The van der Waals surface area contributed by atoms with Gasteiger partial charge in [0.25, 0.3) is 5.69 Å². The van der Waals surface area contributed by atoms with E-state index in [1.807, 2.05) is 13.8 Å². The second-order valence-electron chi connectivity index (χ2n) is 5.43. The number of benzene rings is 1. The summed E-state index contributed by atoms with van der Waals surface area (Å²) < 4.78 is 31.8. The maximum Gasteiger partial charge on any atom is 0.289 e. The maximum atomic E-state index is 12.2. The van der Waals surface area contributed by atoms with Gasteiger partial charge in [0, 0.05) is 24.9 Å². The number of hydrogen-bond donors (Lipinski definition) is 1. The molecule has 0 radical (unpaired) electrons. The molecule has 1 N–H and O–H groups in total. The highest BCUT2D eigenvalue weighted by Gasteiger charge is 2.24. The van der Waals surface area contributed by atoms with Gasteiger partial charge in [-0.05, 0) is 12.5 Å². The van der Waals surface area contributed by atoms with Crippen molar-refractivity contribution in [2.24, 2.45) is 0 Å². The Labute approximate surface area is 139 Å². The number of aryl methyl sites for hydroxylation is 1. The quantitative estimate of drug-likeness (QED) is 0.436. The van der Waals surface area contributed by atoms with E-state index in [-0.39, 0.29) is 17.4 Å². The highest BCUT2D eigenvalue weighted by atomic mass is 32.2. The number of nitro groups is 1. The molecule has 0 spiro atoms. The molecule has 10 heteroatoms. The third kappa shape index (κ3) is 4.36. The number of hydrogen-bond acceptors (Lipinski definition) is 7. The predicted molar refractivity (Wildman–Crippen MR) is 85.0 cm³/mol. The molecule has 0 unspecified atom stereocenters. The molecule has 9 nitrogen and oxygen atoms in total. The minimum absolute atomic E-state index is 0.105. The van der Waals surface area contributed by atoms with Crippen LogP contribution in [0.5, 0.6) is 0 Å². The first-order valence-electron chi connectivity index (χ1n) is 7.37. The van der Waals surface area contributed by atoms with E-state index in [0.29, 0.717) is 24.6 Å². The maximum absolute atomic E-state index is 12.2. The lowest BCUT2D eigenvalue weighted by atomic mass is 10.2. The smallest absolute Gasteiger partial charge is 0.289 e. The van der Waals surface area contributed by atoms with Gasteiger partial charge < -0.3 is 4.52 Å². The third-order valence-corrected chi connectivity index (χ3v) is 4.72. The van der Waals surface area contributed by atoms with Crippen LogP contribution < -0.4 is 4.72 Å². The van der Waals surface area contributed by atoms with Crippen molar-refractivity contribution in [2.75, 3.05) is 6.54 Å². The highest BCUT2D eigenvalue weighted by Crippen LogP contribution is 2.22. The molecule has 0 aliphatic heterocycles. The number of nitrogens with one attached hydrogen (secondary N) is 1. The molecule has 2 aromatic rings. The molecular formula is C14H18N4O5S. The second kappa shape index (κ2) is 7.49. The van der Waals surface area contributed by atoms with Crippen LogP contribution in [0.4, 0.5) is 5.69 Å². The average molecular weight is 354 g/mol. The third-order valence-electron chi connectivity index (χ3n) is 3.21. The van der Waals surface area contributed by atoms with Crippen molar-refractivity contribution in [2.45, 2.75) is 37.5 Å². The van der Waals surface area contributed by atoms with Crippen LogP contribution in [0.25, 0.3) is 0 Å². The molecule has 0 atom stereocenters. The molecule has 2 rings (SSSR count). The Bertz CT molecular complexity index is 816. The van der Waals surface area contributed by atoms with E-state index < -0.39 is 20.6 Å². The van der Waals surface area contributed by atoms with E-state index in [1.165, 1.54) is 18.2 Å². The fourth-order valence-corrected chi connectivity index (χ4v) is 3.21. The van der Waals surface area contributed by atoms with Crippen molar-refractivity contribution in [3.05, 3.63) is 46.1 Å². The molecule has 0 bridgehead atoms. The van der Waals surface area contributed by atoms with Crippen LogP contribution in [-0.4, -0.2) is 30.0 Å². The van der Waals surface area contributed by atoms with Crippen molar-refractivity contribution in [1.29, 1.82) is 0 Å². The van der Waals surface area contributed by atoms with Crippen LogP contribution >= 0.6 is 0 Å². The van der Waals surface area contributed by atoms with Gasteiger partial charge in [0.1, 0.15) is 0 Å². The zero-order valence-electron chi connectivity index (χ0n) is 13.3. The van der Waals surface area contributed by atoms with Gasteiger partial charge in [-0.25, -0.2) is 13.1 Å².